The van der Waals surface area contributed by atoms with Crippen LogP contribution in [0.3, 0.4) is 0 Å². The minimum Gasteiger partial charge on any atom is -0.481 e. The molecule has 3 N–H and O–H groups in total. The maximum absolute atomic E-state index is 12.4. The van der Waals surface area contributed by atoms with Crippen molar-refractivity contribution in [2.24, 2.45) is 0 Å². The predicted molar refractivity (Wildman–Crippen MR) is 91.2 cm³/mol. The average molecular weight is 350 g/mol. The number of carboxylic acid groups (broad SMARTS) is 1. The van der Waals surface area contributed by atoms with Crippen molar-refractivity contribution < 1.29 is 14.7 Å². The fourth-order valence-electron chi connectivity index (χ4n) is 2.18. The van der Waals surface area contributed by atoms with E-state index in [1.54, 1.807) is 30.3 Å². The number of hydrogen-bond donors (Lipinski definition) is 3. The summed E-state index contributed by atoms with van der Waals surface area (Å²) >= 11 is 5.85. The van der Waals surface area contributed by atoms with Crippen molar-refractivity contribution in [2.45, 2.75) is 38.6 Å². The minimum absolute atomic E-state index is 0.165. The Labute approximate surface area is 145 Å². The summed E-state index contributed by atoms with van der Waals surface area (Å²) < 4.78 is 0. The normalized spacial score (nSPS) is 12.7. The Morgan fingerprint density at radius 1 is 1.29 bits per heavy atom. The molecule has 1 heterocycles. The molecule has 0 bridgehead atoms. The maximum atomic E-state index is 12.4. The average Bonchev–Trinajstić information content (AvgIpc) is 2.97. The van der Waals surface area contributed by atoms with Gasteiger partial charge in [-0.05, 0) is 23.8 Å². The second-order valence-corrected chi connectivity index (χ2v) is 7.03. The second kappa shape index (κ2) is 7.05. The largest absolute Gasteiger partial charge is 0.481 e. The number of benzene rings is 1. The first-order valence-electron chi connectivity index (χ1n) is 7.51. The van der Waals surface area contributed by atoms with Gasteiger partial charge in [0.25, 0.3) is 5.91 Å². The lowest BCUT2D eigenvalue weighted by molar-refractivity contribution is -0.137. The molecular weight excluding hydrogens is 330 g/mol. The fraction of sp³-hybridized carbons (Fsp3) is 0.353. The van der Waals surface area contributed by atoms with Gasteiger partial charge in [0.15, 0.2) is 0 Å². The Kier molecular flexibility index (Phi) is 5.29. The van der Waals surface area contributed by atoms with Gasteiger partial charge in [-0.25, -0.2) is 0 Å². The van der Waals surface area contributed by atoms with Crippen LogP contribution in [0.15, 0.2) is 30.3 Å². The van der Waals surface area contributed by atoms with Crippen molar-refractivity contribution in [3.05, 3.63) is 52.3 Å². The molecule has 1 aromatic carbocycles. The van der Waals surface area contributed by atoms with Gasteiger partial charge in [-0.15, -0.1) is 0 Å². The number of nitrogens with zero attached hydrogens (tertiary/aromatic N) is 1. The van der Waals surface area contributed by atoms with Crippen molar-refractivity contribution in [2.75, 3.05) is 0 Å². The van der Waals surface area contributed by atoms with Gasteiger partial charge in [0, 0.05) is 16.1 Å². The van der Waals surface area contributed by atoms with Crippen LogP contribution >= 0.6 is 11.6 Å². The predicted octanol–water partition coefficient (Wildman–Crippen LogP) is 3.31. The van der Waals surface area contributed by atoms with Crippen LogP contribution in [-0.2, 0) is 10.2 Å². The highest BCUT2D eigenvalue weighted by molar-refractivity contribution is 6.30. The van der Waals surface area contributed by atoms with E-state index in [1.807, 2.05) is 20.8 Å². The molecule has 0 unspecified atom stereocenters. The number of carboxylic acids is 1. The number of carbonyl (C=O) groups excluding carboxylic acids is 1. The zero-order chi connectivity index (χ0) is 17.9. The third kappa shape index (κ3) is 4.58. The molecule has 2 aromatic rings. The van der Waals surface area contributed by atoms with Crippen molar-refractivity contribution in [3.63, 3.8) is 0 Å². The van der Waals surface area contributed by atoms with Gasteiger partial charge >= 0.3 is 5.97 Å². The standard InChI is InChI=1S/C17H20ClN3O3/c1-17(2,3)14-8-13(20-21-14)16(24)19-12(9-15(22)23)10-4-6-11(18)7-5-10/h4-8,12H,9H2,1-3H3,(H,19,24)(H,20,21)(H,22,23)/t12-/m0/s1. The zero-order valence-electron chi connectivity index (χ0n) is 13.8. The number of carbonyl (C=O) groups is 2. The highest BCUT2D eigenvalue weighted by Crippen LogP contribution is 2.22. The van der Waals surface area contributed by atoms with Gasteiger partial charge in [-0.2, -0.15) is 5.10 Å². The zero-order valence-corrected chi connectivity index (χ0v) is 14.5. The lowest BCUT2D eigenvalue weighted by atomic mass is 9.92. The highest BCUT2D eigenvalue weighted by atomic mass is 35.5. The summed E-state index contributed by atoms with van der Waals surface area (Å²) in [5.74, 6) is -1.43. The second-order valence-electron chi connectivity index (χ2n) is 6.59. The summed E-state index contributed by atoms with van der Waals surface area (Å²) in [4.78, 5) is 23.5. The summed E-state index contributed by atoms with van der Waals surface area (Å²) in [6.45, 7) is 6.01. The van der Waals surface area contributed by atoms with Crippen molar-refractivity contribution >= 4 is 23.5 Å². The molecule has 0 saturated carbocycles. The molecule has 24 heavy (non-hydrogen) atoms. The molecule has 7 heteroatoms. The van der Waals surface area contributed by atoms with Crippen LogP contribution in [0.25, 0.3) is 0 Å². The van der Waals surface area contributed by atoms with E-state index in [2.05, 4.69) is 15.5 Å². The molecule has 0 aliphatic rings. The first kappa shape index (κ1) is 18.0. The Balaban J connectivity index is 2.19. The molecule has 128 valence electrons. The van der Waals surface area contributed by atoms with Gasteiger partial charge in [0.2, 0.25) is 0 Å². The number of nitrogens with one attached hydrogen (secondary N) is 2. The number of rotatable bonds is 5. The van der Waals surface area contributed by atoms with E-state index in [9.17, 15) is 9.59 Å². The van der Waals surface area contributed by atoms with E-state index in [4.69, 9.17) is 16.7 Å². The smallest absolute Gasteiger partial charge is 0.305 e. The SMILES string of the molecule is CC(C)(C)c1cc(C(=O)N[C@@H](CC(=O)O)c2ccc(Cl)cc2)n[nH]1. The highest BCUT2D eigenvalue weighted by Gasteiger charge is 2.23. The van der Waals surface area contributed by atoms with Crippen molar-refractivity contribution in [1.82, 2.24) is 15.5 Å². The topological polar surface area (TPSA) is 95.1 Å². The monoisotopic (exact) mass is 349 g/mol. The molecule has 0 aliphatic heterocycles. The van der Waals surface area contributed by atoms with Gasteiger partial charge in [0.1, 0.15) is 5.69 Å². The first-order chi connectivity index (χ1) is 11.2. The summed E-state index contributed by atoms with van der Waals surface area (Å²) in [6.07, 6.45) is -0.232. The lowest BCUT2D eigenvalue weighted by Crippen LogP contribution is -2.30. The molecule has 1 aromatic heterocycles. The van der Waals surface area contributed by atoms with E-state index < -0.39 is 17.9 Å². The molecule has 0 radical (unpaired) electrons. The van der Waals surface area contributed by atoms with Gasteiger partial charge in [-0.3, -0.25) is 14.7 Å². The number of amides is 1. The number of aromatic nitrogens is 2. The third-order valence-corrected chi connectivity index (χ3v) is 3.83. The third-order valence-electron chi connectivity index (χ3n) is 3.57. The van der Waals surface area contributed by atoms with Crippen LogP contribution in [0.2, 0.25) is 5.02 Å². The van der Waals surface area contributed by atoms with E-state index in [-0.39, 0.29) is 17.5 Å². The summed E-state index contributed by atoms with van der Waals surface area (Å²) in [5, 5.41) is 19.2. The van der Waals surface area contributed by atoms with Gasteiger partial charge in [-0.1, -0.05) is 44.5 Å². The summed E-state index contributed by atoms with van der Waals surface area (Å²) in [5.41, 5.74) is 1.56. The van der Waals surface area contributed by atoms with Crippen LogP contribution in [0.4, 0.5) is 0 Å². The van der Waals surface area contributed by atoms with Crippen LogP contribution < -0.4 is 5.32 Å². The number of hydrogen-bond acceptors (Lipinski definition) is 3. The Morgan fingerprint density at radius 3 is 2.42 bits per heavy atom. The molecule has 0 saturated heterocycles. The molecule has 0 aliphatic carbocycles. The molecule has 2 rings (SSSR count). The van der Waals surface area contributed by atoms with E-state index in [0.29, 0.717) is 10.6 Å². The molecule has 1 amide bonds. The van der Waals surface area contributed by atoms with Crippen molar-refractivity contribution in [1.29, 1.82) is 0 Å². The van der Waals surface area contributed by atoms with E-state index in [1.165, 1.54) is 0 Å². The molecule has 0 spiro atoms. The number of aromatic amines is 1. The summed E-state index contributed by atoms with van der Waals surface area (Å²) in [7, 11) is 0. The molecular formula is C17H20ClN3O3. The van der Waals surface area contributed by atoms with Crippen LogP contribution in [0.1, 0.15) is 55.0 Å². The quantitative estimate of drug-likeness (QED) is 0.771. The maximum Gasteiger partial charge on any atom is 0.305 e. The van der Waals surface area contributed by atoms with Crippen molar-refractivity contribution in [3.8, 4) is 0 Å². The minimum atomic E-state index is -1.01. The van der Waals surface area contributed by atoms with Gasteiger partial charge < -0.3 is 10.4 Å². The fourth-order valence-corrected chi connectivity index (χ4v) is 2.30. The van der Waals surface area contributed by atoms with E-state index >= 15 is 0 Å². The lowest BCUT2D eigenvalue weighted by Gasteiger charge is -2.17. The Bertz CT molecular complexity index is 732. The number of aliphatic carboxylic acids is 1. The molecule has 6 nitrogen and oxygen atoms in total. The Hall–Kier alpha value is -2.34. The number of halogens is 1. The molecule has 1 atom stereocenters. The molecule has 0 fully saturated rings. The van der Waals surface area contributed by atoms with Crippen LogP contribution in [0, 0.1) is 0 Å². The first-order valence-corrected chi connectivity index (χ1v) is 7.88. The van der Waals surface area contributed by atoms with E-state index in [0.717, 1.165) is 5.69 Å². The number of H-pyrrole nitrogens is 1. The van der Waals surface area contributed by atoms with Crippen LogP contribution in [-0.4, -0.2) is 27.2 Å². The Morgan fingerprint density at radius 2 is 1.92 bits per heavy atom. The van der Waals surface area contributed by atoms with Crippen LogP contribution in [0.5, 0.6) is 0 Å². The van der Waals surface area contributed by atoms with Gasteiger partial charge in [0.05, 0.1) is 12.5 Å². The summed E-state index contributed by atoms with van der Waals surface area (Å²) in [6, 6.07) is 7.72.